The minimum atomic E-state index is -4.21. The number of alkyl halides is 3. The van der Waals surface area contributed by atoms with E-state index in [1.807, 2.05) is 13.8 Å². The maximum atomic E-state index is 13.6. The molecule has 0 radical (unpaired) electrons. The van der Waals surface area contributed by atoms with Crippen molar-refractivity contribution in [3.05, 3.63) is 30.0 Å². The summed E-state index contributed by atoms with van der Waals surface area (Å²) in [6.07, 6.45) is 1.42. The molecule has 2 aromatic heterocycles. The van der Waals surface area contributed by atoms with Gasteiger partial charge in [0.2, 0.25) is 5.88 Å². The summed E-state index contributed by atoms with van der Waals surface area (Å²) >= 11 is 1.29. The van der Waals surface area contributed by atoms with Crippen molar-refractivity contribution in [3.8, 4) is 11.7 Å². The summed E-state index contributed by atoms with van der Waals surface area (Å²) in [5, 5.41) is 7.80. The van der Waals surface area contributed by atoms with Crippen molar-refractivity contribution in [1.82, 2.24) is 24.8 Å². The SMILES string of the molecule is CCC1/N=C(\C)NC(C)CCC2CN(c3nc(-n4ccc(OCCC5(C(F)(F)F)CC5)n4)ccc3C(=O)NS1)C(C)(C)C2. The smallest absolute Gasteiger partial charge is 0.394 e. The molecule has 2 N–H and O–H groups in total. The lowest BCUT2D eigenvalue weighted by atomic mass is 9.92. The van der Waals surface area contributed by atoms with Gasteiger partial charge in [-0.25, -0.2) is 9.67 Å². The second-order valence-electron chi connectivity index (χ2n) is 12.8. The summed E-state index contributed by atoms with van der Waals surface area (Å²) in [5.74, 6) is 2.35. The van der Waals surface area contributed by atoms with Gasteiger partial charge in [0, 0.05) is 30.4 Å². The van der Waals surface area contributed by atoms with Crippen molar-refractivity contribution >= 4 is 29.5 Å². The number of aromatic nitrogens is 3. The van der Waals surface area contributed by atoms with Crippen LogP contribution in [-0.4, -0.2) is 62.8 Å². The number of nitrogens with one attached hydrogen (secondary N) is 2. The first-order valence-electron chi connectivity index (χ1n) is 15.1. The van der Waals surface area contributed by atoms with Crippen LogP contribution < -0.4 is 19.7 Å². The van der Waals surface area contributed by atoms with E-state index in [2.05, 4.69) is 40.8 Å². The minimum absolute atomic E-state index is 0.0637. The summed E-state index contributed by atoms with van der Waals surface area (Å²) in [4.78, 5) is 25.5. The van der Waals surface area contributed by atoms with Gasteiger partial charge in [0.1, 0.15) is 11.2 Å². The first kappa shape index (κ1) is 31.5. The van der Waals surface area contributed by atoms with Gasteiger partial charge in [-0.3, -0.25) is 14.5 Å². The van der Waals surface area contributed by atoms with Gasteiger partial charge >= 0.3 is 6.18 Å². The second-order valence-corrected chi connectivity index (χ2v) is 13.7. The van der Waals surface area contributed by atoms with Gasteiger partial charge in [0.25, 0.3) is 5.91 Å². The average molecular weight is 622 g/mol. The van der Waals surface area contributed by atoms with Gasteiger partial charge < -0.3 is 15.0 Å². The molecule has 2 aromatic rings. The molecule has 1 amide bonds. The number of amides is 1. The van der Waals surface area contributed by atoms with E-state index in [1.54, 1.807) is 24.4 Å². The monoisotopic (exact) mass is 621 g/mol. The zero-order valence-corrected chi connectivity index (χ0v) is 26.3. The largest absolute Gasteiger partial charge is 0.477 e. The predicted octanol–water partition coefficient (Wildman–Crippen LogP) is 6.29. The van der Waals surface area contributed by atoms with E-state index in [0.29, 0.717) is 23.1 Å². The Bertz CT molecular complexity index is 1340. The van der Waals surface area contributed by atoms with Crippen LogP contribution in [0.3, 0.4) is 0 Å². The van der Waals surface area contributed by atoms with Crippen LogP contribution in [0.15, 0.2) is 29.4 Å². The van der Waals surface area contributed by atoms with Gasteiger partial charge in [0.05, 0.1) is 23.4 Å². The molecule has 2 bridgehead atoms. The number of fused-ring (bicyclic) bond motifs is 4. The zero-order valence-electron chi connectivity index (χ0n) is 25.5. The molecule has 5 rings (SSSR count). The number of rotatable bonds is 6. The lowest BCUT2D eigenvalue weighted by Crippen LogP contribution is -2.40. The number of amidine groups is 1. The molecule has 0 aromatic carbocycles. The van der Waals surface area contributed by atoms with Crippen LogP contribution in [0.4, 0.5) is 19.0 Å². The number of aliphatic imine (C=N–C) groups is 1. The molecule has 13 heteroatoms. The topological polar surface area (TPSA) is 96.7 Å². The van der Waals surface area contributed by atoms with E-state index < -0.39 is 11.6 Å². The van der Waals surface area contributed by atoms with Gasteiger partial charge in [-0.1, -0.05) is 6.92 Å². The molecular weight excluding hydrogens is 579 g/mol. The molecule has 3 unspecified atom stereocenters. The molecule has 3 atom stereocenters. The summed E-state index contributed by atoms with van der Waals surface area (Å²) in [6, 6.07) is 5.38. The second kappa shape index (κ2) is 12.2. The molecule has 1 aliphatic carbocycles. The predicted molar refractivity (Wildman–Crippen MR) is 163 cm³/mol. The normalized spacial score (nSPS) is 26.7. The summed E-state index contributed by atoms with van der Waals surface area (Å²) in [7, 11) is 0. The van der Waals surface area contributed by atoms with E-state index in [4.69, 9.17) is 14.7 Å². The average Bonchev–Trinajstić information content (AvgIpc) is 3.49. The third-order valence-electron chi connectivity index (χ3n) is 8.84. The fourth-order valence-corrected chi connectivity index (χ4v) is 6.87. The Morgan fingerprint density at radius 2 is 1.95 bits per heavy atom. The highest BCUT2D eigenvalue weighted by atomic mass is 32.2. The molecule has 0 spiro atoms. The lowest BCUT2D eigenvalue weighted by molar-refractivity contribution is -0.190. The van der Waals surface area contributed by atoms with Crippen LogP contribution in [0.1, 0.15) is 89.9 Å². The highest BCUT2D eigenvalue weighted by Crippen LogP contribution is 2.59. The molecule has 2 aliphatic heterocycles. The fraction of sp³-hybridized carbons (Fsp3) is 0.667. The van der Waals surface area contributed by atoms with E-state index in [1.165, 1.54) is 16.6 Å². The van der Waals surface area contributed by atoms with Gasteiger partial charge in [-0.05, 0) is 103 Å². The number of nitrogens with zero attached hydrogens (tertiary/aromatic N) is 5. The van der Waals surface area contributed by atoms with Crippen LogP contribution in [0.25, 0.3) is 5.82 Å². The number of carbonyl (C=O) groups is 1. The molecule has 1 saturated heterocycles. The molecule has 9 nitrogen and oxygen atoms in total. The van der Waals surface area contributed by atoms with Gasteiger partial charge in [-0.15, -0.1) is 5.10 Å². The molecule has 3 aliphatic rings. The van der Waals surface area contributed by atoms with E-state index in [-0.39, 0.29) is 54.6 Å². The Kier molecular flexibility index (Phi) is 8.93. The van der Waals surface area contributed by atoms with Gasteiger partial charge in [-0.2, -0.15) is 13.2 Å². The fourth-order valence-electron chi connectivity index (χ4n) is 6.14. The highest BCUT2D eigenvalue weighted by molar-refractivity contribution is 7.98. The maximum Gasteiger partial charge on any atom is 0.394 e. The Morgan fingerprint density at radius 3 is 2.65 bits per heavy atom. The van der Waals surface area contributed by atoms with Crippen LogP contribution in [0.2, 0.25) is 0 Å². The van der Waals surface area contributed by atoms with Gasteiger partial charge in [0.15, 0.2) is 5.82 Å². The maximum absolute atomic E-state index is 13.6. The first-order chi connectivity index (χ1) is 20.3. The van der Waals surface area contributed by atoms with E-state index in [0.717, 1.165) is 38.1 Å². The number of hydrogen-bond donors (Lipinski definition) is 2. The Labute approximate surface area is 255 Å². The van der Waals surface area contributed by atoms with E-state index in [9.17, 15) is 18.0 Å². The molecule has 4 heterocycles. The standard InChI is InChI=1S/C30H42F3N7O2S/c1-6-25-35-20(3)34-19(2)7-8-21-17-28(4,5)39(18-21)26-22(27(41)38-43-25)9-10-23(36-26)40-15-11-24(37-40)42-16-14-29(12-13-29)30(31,32)33/h9-11,15,19,21,25H,6-8,12-14,16-18H2,1-5H3,(H,34,35)(H,38,41). The van der Waals surface area contributed by atoms with E-state index >= 15 is 0 Å². The van der Waals surface area contributed by atoms with Crippen molar-refractivity contribution in [1.29, 1.82) is 0 Å². The third-order valence-corrected chi connectivity index (χ3v) is 9.86. The molecule has 236 valence electrons. The van der Waals surface area contributed by atoms with Crippen LogP contribution in [0.5, 0.6) is 5.88 Å². The number of anilines is 1. The minimum Gasteiger partial charge on any atom is -0.477 e. The number of hydrogen-bond acceptors (Lipinski definition) is 8. The van der Waals surface area contributed by atoms with Crippen molar-refractivity contribution < 1.29 is 22.7 Å². The highest BCUT2D eigenvalue weighted by Gasteiger charge is 2.62. The molecule has 43 heavy (non-hydrogen) atoms. The number of carbonyl (C=O) groups excluding carboxylic acids is 1. The lowest BCUT2D eigenvalue weighted by Gasteiger charge is -2.34. The number of halogens is 3. The molecule has 1 saturated carbocycles. The third kappa shape index (κ3) is 7.07. The molecule has 2 fully saturated rings. The van der Waals surface area contributed by atoms with Crippen molar-refractivity contribution in [2.45, 2.75) is 103 Å². The van der Waals surface area contributed by atoms with Crippen molar-refractivity contribution in [2.75, 3.05) is 18.1 Å². The van der Waals surface area contributed by atoms with Crippen LogP contribution in [-0.2, 0) is 0 Å². The zero-order chi connectivity index (χ0) is 31.0. The van der Waals surface area contributed by atoms with Crippen LogP contribution >= 0.6 is 11.9 Å². The van der Waals surface area contributed by atoms with Crippen molar-refractivity contribution in [2.24, 2.45) is 16.3 Å². The van der Waals surface area contributed by atoms with Crippen molar-refractivity contribution in [3.63, 3.8) is 0 Å². The number of pyridine rings is 1. The molecular formula is C30H42F3N7O2S. The first-order valence-corrected chi connectivity index (χ1v) is 16.0. The van der Waals surface area contributed by atoms with Crippen LogP contribution in [0, 0.1) is 11.3 Å². The summed E-state index contributed by atoms with van der Waals surface area (Å²) in [5.41, 5.74) is -1.38. The Balaban J connectivity index is 1.40. The summed E-state index contributed by atoms with van der Waals surface area (Å²) in [6.45, 7) is 11.2. The number of ether oxygens (including phenoxy) is 1. The quantitative estimate of drug-likeness (QED) is 0.366. The Morgan fingerprint density at radius 1 is 1.19 bits per heavy atom. The summed E-state index contributed by atoms with van der Waals surface area (Å²) < 4.78 is 50.0. The Hall–Kier alpha value is -2.96.